The molecule has 1 atom stereocenters. The molecule has 1 aliphatic heterocycles. The Kier molecular flexibility index (Phi) is 5.56. The Hall–Kier alpha value is -1.39. The Morgan fingerprint density at radius 1 is 1.25 bits per heavy atom. The van der Waals surface area contributed by atoms with Crippen molar-refractivity contribution in [3.05, 3.63) is 11.6 Å². The van der Waals surface area contributed by atoms with Crippen molar-refractivity contribution in [2.45, 2.75) is 71.3 Å². The second-order valence-corrected chi connectivity index (χ2v) is 5.73. The van der Waals surface area contributed by atoms with Crippen LogP contribution < -0.4 is 0 Å². The SMILES string of the molecule is CCCCCCCCc1nnc2n1CC(C(=O)O)CC2. The molecule has 0 radical (unpaired) electrons. The maximum atomic E-state index is 11.1. The summed E-state index contributed by atoms with van der Waals surface area (Å²) in [6.45, 7) is 2.77. The molecule has 0 aliphatic carbocycles. The summed E-state index contributed by atoms with van der Waals surface area (Å²) in [6.07, 6.45) is 9.89. The highest BCUT2D eigenvalue weighted by Gasteiger charge is 2.26. The molecule has 1 unspecified atom stereocenters. The van der Waals surface area contributed by atoms with Crippen LogP contribution in [0.3, 0.4) is 0 Å². The van der Waals surface area contributed by atoms with Crippen LogP contribution in [0.5, 0.6) is 0 Å². The predicted molar refractivity (Wildman–Crippen MR) is 76.5 cm³/mol. The van der Waals surface area contributed by atoms with E-state index in [1.54, 1.807) is 0 Å². The first kappa shape index (κ1) is 15.0. The fourth-order valence-corrected chi connectivity index (χ4v) is 2.83. The van der Waals surface area contributed by atoms with E-state index in [4.69, 9.17) is 5.11 Å². The van der Waals surface area contributed by atoms with Crippen LogP contribution >= 0.6 is 0 Å². The lowest BCUT2D eigenvalue weighted by molar-refractivity contribution is -0.142. The number of rotatable bonds is 8. The summed E-state index contributed by atoms with van der Waals surface area (Å²) >= 11 is 0. The minimum absolute atomic E-state index is 0.276. The normalized spacial score (nSPS) is 17.9. The van der Waals surface area contributed by atoms with Crippen molar-refractivity contribution in [1.29, 1.82) is 0 Å². The molecule has 2 rings (SSSR count). The summed E-state index contributed by atoms with van der Waals surface area (Å²) in [5.74, 6) is 0.960. The molecule has 0 bridgehead atoms. The van der Waals surface area contributed by atoms with Gasteiger partial charge in [-0.15, -0.1) is 10.2 Å². The lowest BCUT2D eigenvalue weighted by Crippen LogP contribution is -2.27. The van der Waals surface area contributed by atoms with Crippen LogP contribution in [0.2, 0.25) is 0 Å². The van der Waals surface area contributed by atoms with Crippen LogP contribution in [0, 0.1) is 5.92 Å². The van der Waals surface area contributed by atoms with E-state index in [9.17, 15) is 4.79 Å². The third kappa shape index (κ3) is 3.81. The van der Waals surface area contributed by atoms with Crippen LogP contribution in [0.15, 0.2) is 0 Å². The van der Waals surface area contributed by atoms with Crippen molar-refractivity contribution in [1.82, 2.24) is 14.8 Å². The third-order valence-electron chi connectivity index (χ3n) is 4.13. The molecule has 0 fully saturated rings. The average Bonchev–Trinajstić information content (AvgIpc) is 2.85. The molecule has 0 saturated carbocycles. The number of carboxylic acid groups (broad SMARTS) is 1. The van der Waals surface area contributed by atoms with Gasteiger partial charge in [-0.05, 0) is 12.8 Å². The minimum atomic E-state index is -0.699. The van der Waals surface area contributed by atoms with Crippen molar-refractivity contribution >= 4 is 5.97 Å². The van der Waals surface area contributed by atoms with Gasteiger partial charge in [0, 0.05) is 19.4 Å². The Morgan fingerprint density at radius 3 is 2.75 bits per heavy atom. The highest BCUT2D eigenvalue weighted by atomic mass is 16.4. The summed E-state index contributed by atoms with van der Waals surface area (Å²) < 4.78 is 2.04. The fraction of sp³-hybridized carbons (Fsp3) is 0.800. The fourth-order valence-electron chi connectivity index (χ4n) is 2.83. The lowest BCUT2D eigenvalue weighted by Gasteiger charge is -2.21. The average molecular weight is 279 g/mol. The molecule has 1 N–H and O–H groups in total. The van der Waals surface area contributed by atoms with Crippen LogP contribution in [0.25, 0.3) is 0 Å². The molecule has 1 aromatic heterocycles. The number of aromatic nitrogens is 3. The quantitative estimate of drug-likeness (QED) is 0.743. The van der Waals surface area contributed by atoms with Crippen molar-refractivity contribution in [2.75, 3.05) is 0 Å². The summed E-state index contributed by atoms with van der Waals surface area (Å²) in [5, 5.41) is 17.6. The van der Waals surface area contributed by atoms with E-state index in [2.05, 4.69) is 17.1 Å². The highest BCUT2D eigenvalue weighted by molar-refractivity contribution is 5.70. The molecule has 20 heavy (non-hydrogen) atoms. The van der Waals surface area contributed by atoms with Gasteiger partial charge >= 0.3 is 5.97 Å². The number of carboxylic acids is 1. The van der Waals surface area contributed by atoms with Gasteiger partial charge in [0.25, 0.3) is 0 Å². The zero-order chi connectivity index (χ0) is 14.4. The van der Waals surface area contributed by atoms with Gasteiger partial charge in [-0.25, -0.2) is 0 Å². The standard InChI is InChI=1S/C15H25N3O2/c1-2-3-4-5-6-7-8-13-16-17-14-10-9-12(15(19)20)11-18(13)14/h12H,2-11H2,1H3,(H,19,20). The number of aliphatic carboxylic acids is 1. The Labute approximate surface area is 120 Å². The van der Waals surface area contributed by atoms with Gasteiger partial charge in [0.05, 0.1) is 5.92 Å². The molecule has 0 amide bonds. The molecule has 0 spiro atoms. The minimum Gasteiger partial charge on any atom is -0.481 e. The molecule has 5 heteroatoms. The number of aryl methyl sites for hydroxylation is 2. The maximum absolute atomic E-state index is 11.1. The van der Waals surface area contributed by atoms with E-state index in [-0.39, 0.29) is 5.92 Å². The Morgan fingerprint density at radius 2 is 2.00 bits per heavy atom. The highest BCUT2D eigenvalue weighted by Crippen LogP contribution is 2.21. The molecule has 0 aromatic carbocycles. The number of fused-ring (bicyclic) bond motifs is 1. The molecule has 112 valence electrons. The summed E-state index contributed by atoms with van der Waals surface area (Å²) in [6, 6.07) is 0. The Bertz CT molecular complexity index is 442. The van der Waals surface area contributed by atoms with Gasteiger partial charge in [-0.1, -0.05) is 39.0 Å². The largest absolute Gasteiger partial charge is 0.481 e. The van der Waals surface area contributed by atoms with E-state index in [1.165, 1.54) is 32.1 Å². The lowest BCUT2D eigenvalue weighted by atomic mass is 9.99. The van der Waals surface area contributed by atoms with Crippen molar-refractivity contribution in [3.8, 4) is 0 Å². The zero-order valence-electron chi connectivity index (χ0n) is 12.3. The third-order valence-corrected chi connectivity index (χ3v) is 4.13. The van der Waals surface area contributed by atoms with Gasteiger partial charge in [-0.2, -0.15) is 0 Å². The van der Waals surface area contributed by atoms with Gasteiger partial charge in [0.15, 0.2) is 0 Å². The molecule has 5 nitrogen and oxygen atoms in total. The van der Waals surface area contributed by atoms with Crippen LogP contribution in [-0.2, 0) is 24.2 Å². The molecular weight excluding hydrogens is 254 g/mol. The van der Waals surface area contributed by atoms with Crippen LogP contribution in [0.4, 0.5) is 0 Å². The van der Waals surface area contributed by atoms with Gasteiger partial charge in [0.2, 0.25) is 0 Å². The van der Waals surface area contributed by atoms with E-state index < -0.39 is 5.97 Å². The first-order chi connectivity index (χ1) is 9.72. The molecule has 0 saturated heterocycles. The van der Waals surface area contributed by atoms with E-state index in [1.807, 2.05) is 4.57 Å². The van der Waals surface area contributed by atoms with Crippen LogP contribution in [0.1, 0.15) is 63.5 Å². The summed E-state index contributed by atoms with van der Waals surface area (Å²) in [5.41, 5.74) is 0. The summed E-state index contributed by atoms with van der Waals surface area (Å²) in [7, 11) is 0. The number of nitrogens with zero attached hydrogens (tertiary/aromatic N) is 3. The topological polar surface area (TPSA) is 68.0 Å². The van der Waals surface area contributed by atoms with E-state index >= 15 is 0 Å². The first-order valence-electron chi connectivity index (χ1n) is 7.86. The number of hydrogen-bond donors (Lipinski definition) is 1. The smallest absolute Gasteiger partial charge is 0.308 e. The first-order valence-corrected chi connectivity index (χ1v) is 7.86. The van der Waals surface area contributed by atoms with Gasteiger partial charge < -0.3 is 9.67 Å². The second kappa shape index (κ2) is 7.41. The number of carbonyl (C=O) groups is 1. The number of hydrogen-bond acceptors (Lipinski definition) is 3. The molecule has 1 aromatic rings. The summed E-state index contributed by atoms with van der Waals surface area (Å²) in [4.78, 5) is 11.1. The van der Waals surface area contributed by atoms with Crippen molar-refractivity contribution < 1.29 is 9.90 Å². The molecule has 2 heterocycles. The predicted octanol–water partition coefficient (Wildman–Crippen LogP) is 2.83. The monoisotopic (exact) mass is 279 g/mol. The maximum Gasteiger partial charge on any atom is 0.308 e. The molecule has 1 aliphatic rings. The van der Waals surface area contributed by atoms with E-state index in [0.717, 1.165) is 30.9 Å². The zero-order valence-corrected chi connectivity index (χ0v) is 12.3. The Balaban J connectivity index is 1.82. The van der Waals surface area contributed by atoms with Gasteiger partial charge in [-0.3, -0.25) is 4.79 Å². The van der Waals surface area contributed by atoms with Gasteiger partial charge in [0.1, 0.15) is 11.6 Å². The van der Waals surface area contributed by atoms with Crippen LogP contribution in [-0.4, -0.2) is 25.8 Å². The van der Waals surface area contributed by atoms with Crippen molar-refractivity contribution in [2.24, 2.45) is 5.92 Å². The van der Waals surface area contributed by atoms with E-state index in [0.29, 0.717) is 13.0 Å². The second-order valence-electron chi connectivity index (χ2n) is 5.73. The number of unbranched alkanes of at least 4 members (excludes halogenated alkanes) is 5. The van der Waals surface area contributed by atoms with Crippen molar-refractivity contribution in [3.63, 3.8) is 0 Å². The molecular formula is C15H25N3O2.